The van der Waals surface area contributed by atoms with Crippen LogP contribution < -0.4 is 0 Å². The molecule has 0 aliphatic carbocycles. The van der Waals surface area contributed by atoms with Crippen molar-refractivity contribution in [2.75, 3.05) is 19.7 Å². The van der Waals surface area contributed by atoms with E-state index in [1.807, 2.05) is 0 Å². The van der Waals surface area contributed by atoms with Crippen LogP contribution in [0.1, 0.15) is 42.5 Å². The van der Waals surface area contributed by atoms with Gasteiger partial charge in [0.15, 0.2) is 5.78 Å². The molecule has 1 aromatic carbocycles. The molecule has 1 N–H and O–H groups in total. The highest BCUT2D eigenvalue weighted by atomic mass is 35.5. The lowest BCUT2D eigenvalue weighted by molar-refractivity contribution is 0.0910. The summed E-state index contributed by atoms with van der Waals surface area (Å²) >= 11 is 5.91. The van der Waals surface area contributed by atoms with Gasteiger partial charge in [-0.05, 0) is 31.5 Å². The Hall–Kier alpha value is -0.900. The predicted octanol–water partition coefficient (Wildman–Crippen LogP) is 3.15. The Morgan fingerprint density at radius 3 is 2.95 bits per heavy atom. The van der Waals surface area contributed by atoms with Crippen LogP contribution in [0.25, 0.3) is 0 Å². The zero-order chi connectivity index (χ0) is 14.4. The number of benzene rings is 1. The molecule has 110 valence electrons. The van der Waals surface area contributed by atoms with Crippen LogP contribution in [-0.2, 0) is 0 Å². The number of nitrogens with zero attached hydrogens (tertiary/aromatic N) is 1. The molecule has 0 radical (unpaired) electrons. The summed E-state index contributed by atoms with van der Waals surface area (Å²) in [4.78, 5) is 14.4. The van der Waals surface area contributed by atoms with Crippen molar-refractivity contribution in [3.63, 3.8) is 0 Å². The molecule has 1 unspecified atom stereocenters. The maximum absolute atomic E-state index is 12.2. The van der Waals surface area contributed by atoms with Crippen LogP contribution in [0.5, 0.6) is 0 Å². The second-order valence-electron chi connectivity index (χ2n) is 5.41. The number of Topliss-reactive ketones (excluding diaryl/α,β-unsaturated/α-hetero) is 1. The summed E-state index contributed by atoms with van der Waals surface area (Å²) < 4.78 is 0. The molecule has 0 spiro atoms. The molecule has 4 heteroatoms. The lowest BCUT2D eigenvalue weighted by atomic mass is 10.1. The fourth-order valence-corrected chi connectivity index (χ4v) is 2.98. The van der Waals surface area contributed by atoms with Crippen LogP contribution >= 0.6 is 11.6 Å². The molecule has 1 heterocycles. The summed E-state index contributed by atoms with van der Waals surface area (Å²) in [6.45, 7) is 1.88. The second-order valence-corrected chi connectivity index (χ2v) is 5.84. The predicted molar refractivity (Wildman–Crippen MR) is 81.3 cm³/mol. The average molecular weight is 296 g/mol. The highest BCUT2D eigenvalue weighted by Crippen LogP contribution is 2.18. The molecule has 1 saturated heterocycles. The minimum Gasteiger partial charge on any atom is -0.395 e. The van der Waals surface area contributed by atoms with Crippen LogP contribution in [-0.4, -0.2) is 41.5 Å². The van der Waals surface area contributed by atoms with Crippen molar-refractivity contribution in [2.24, 2.45) is 0 Å². The van der Waals surface area contributed by atoms with Crippen molar-refractivity contribution in [3.8, 4) is 0 Å². The van der Waals surface area contributed by atoms with E-state index in [1.54, 1.807) is 24.3 Å². The Morgan fingerprint density at radius 2 is 2.20 bits per heavy atom. The van der Waals surface area contributed by atoms with E-state index in [0.29, 0.717) is 17.0 Å². The summed E-state index contributed by atoms with van der Waals surface area (Å²) in [6.07, 6.45) is 5.06. The van der Waals surface area contributed by atoms with Gasteiger partial charge in [-0.3, -0.25) is 9.69 Å². The lowest BCUT2D eigenvalue weighted by Gasteiger charge is -2.28. The number of carbonyl (C=O) groups is 1. The lowest BCUT2D eigenvalue weighted by Crippen LogP contribution is -2.38. The van der Waals surface area contributed by atoms with Gasteiger partial charge in [-0.15, -0.1) is 0 Å². The minimum atomic E-state index is 0.119. The highest BCUT2D eigenvalue weighted by Gasteiger charge is 2.20. The molecule has 2 rings (SSSR count). The van der Waals surface area contributed by atoms with Crippen molar-refractivity contribution in [3.05, 3.63) is 34.9 Å². The maximum Gasteiger partial charge on any atom is 0.164 e. The molecule has 0 aromatic heterocycles. The number of hydrogen-bond donors (Lipinski definition) is 1. The van der Waals surface area contributed by atoms with Crippen LogP contribution in [0.2, 0.25) is 5.02 Å². The molecule has 0 amide bonds. The first-order chi connectivity index (χ1) is 9.70. The van der Waals surface area contributed by atoms with E-state index >= 15 is 0 Å². The van der Waals surface area contributed by atoms with Crippen molar-refractivity contribution in [2.45, 2.75) is 38.1 Å². The molecular formula is C16H22ClNO2. The van der Waals surface area contributed by atoms with Crippen molar-refractivity contribution in [1.82, 2.24) is 4.90 Å². The normalized spacial score (nSPS) is 20.6. The molecule has 1 aliphatic rings. The number of ketones is 1. The molecular weight excluding hydrogens is 274 g/mol. The Labute approximate surface area is 125 Å². The Kier molecular flexibility index (Phi) is 6.02. The maximum atomic E-state index is 12.2. The van der Waals surface area contributed by atoms with E-state index < -0.39 is 0 Å². The van der Waals surface area contributed by atoms with Gasteiger partial charge < -0.3 is 5.11 Å². The Morgan fingerprint density at radius 1 is 1.35 bits per heavy atom. The van der Waals surface area contributed by atoms with E-state index in [2.05, 4.69) is 4.90 Å². The quantitative estimate of drug-likeness (QED) is 0.848. The van der Waals surface area contributed by atoms with Crippen molar-refractivity contribution < 1.29 is 9.90 Å². The number of rotatable bonds is 5. The zero-order valence-corrected chi connectivity index (χ0v) is 12.5. The molecule has 1 aromatic rings. The van der Waals surface area contributed by atoms with Crippen LogP contribution in [0.3, 0.4) is 0 Å². The largest absolute Gasteiger partial charge is 0.395 e. The van der Waals surface area contributed by atoms with E-state index in [9.17, 15) is 9.90 Å². The van der Waals surface area contributed by atoms with Gasteiger partial charge in [-0.25, -0.2) is 0 Å². The fourth-order valence-electron chi connectivity index (χ4n) is 2.79. The van der Waals surface area contributed by atoms with Crippen molar-refractivity contribution >= 4 is 17.4 Å². The third-order valence-corrected chi connectivity index (χ3v) is 4.22. The molecule has 1 atom stereocenters. The topological polar surface area (TPSA) is 40.5 Å². The first kappa shape index (κ1) is 15.5. The highest BCUT2D eigenvalue weighted by molar-refractivity contribution is 6.31. The Bertz CT molecular complexity index is 450. The van der Waals surface area contributed by atoms with Crippen molar-refractivity contribution in [1.29, 1.82) is 0 Å². The average Bonchev–Trinajstić information content (AvgIpc) is 2.69. The first-order valence-corrected chi connectivity index (χ1v) is 7.72. The standard InChI is InChI=1S/C16H22ClNO2/c17-14-6-4-5-13(11-14)16(20)8-10-18-9-3-1-2-7-15(18)12-19/h4-6,11,15,19H,1-3,7-10,12H2. The zero-order valence-electron chi connectivity index (χ0n) is 11.7. The van der Waals surface area contributed by atoms with E-state index in [0.717, 1.165) is 25.9 Å². The number of halogens is 1. The smallest absolute Gasteiger partial charge is 0.164 e. The third kappa shape index (κ3) is 4.30. The van der Waals surface area contributed by atoms with Gasteiger partial charge in [0.1, 0.15) is 0 Å². The van der Waals surface area contributed by atoms with Crippen LogP contribution in [0.15, 0.2) is 24.3 Å². The SMILES string of the molecule is O=C(CCN1CCCCCC1CO)c1cccc(Cl)c1. The van der Waals surface area contributed by atoms with Gasteiger partial charge in [0.25, 0.3) is 0 Å². The first-order valence-electron chi connectivity index (χ1n) is 7.34. The van der Waals surface area contributed by atoms with Gasteiger partial charge in [0.2, 0.25) is 0 Å². The number of carbonyl (C=O) groups excluding carboxylic acids is 1. The Balaban J connectivity index is 1.91. The summed E-state index contributed by atoms with van der Waals surface area (Å²) in [7, 11) is 0. The summed E-state index contributed by atoms with van der Waals surface area (Å²) in [5, 5.41) is 10.1. The molecule has 1 fully saturated rings. The summed E-state index contributed by atoms with van der Waals surface area (Å²) in [6, 6.07) is 7.31. The van der Waals surface area contributed by atoms with E-state index in [-0.39, 0.29) is 18.4 Å². The number of hydrogen-bond acceptors (Lipinski definition) is 3. The number of likely N-dealkylation sites (tertiary alicyclic amines) is 1. The van der Waals surface area contributed by atoms with Crippen LogP contribution in [0, 0.1) is 0 Å². The van der Waals surface area contributed by atoms with Crippen LogP contribution in [0.4, 0.5) is 0 Å². The summed E-state index contributed by atoms with van der Waals surface area (Å²) in [5.41, 5.74) is 0.674. The van der Waals surface area contributed by atoms with E-state index in [4.69, 9.17) is 11.6 Å². The molecule has 1 aliphatic heterocycles. The van der Waals surface area contributed by atoms with E-state index in [1.165, 1.54) is 12.8 Å². The molecule has 3 nitrogen and oxygen atoms in total. The minimum absolute atomic E-state index is 0.119. The van der Waals surface area contributed by atoms with Gasteiger partial charge >= 0.3 is 0 Å². The third-order valence-electron chi connectivity index (χ3n) is 3.98. The van der Waals surface area contributed by atoms with Gasteiger partial charge in [0.05, 0.1) is 6.61 Å². The molecule has 20 heavy (non-hydrogen) atoms. The van der Waals surface area contributed by atoms with Gasteiger partial charge in [-0.1, -0.05) is 36.6 Å². The second kappa shape index (κ2) is 7.77. The molecule has 0 bridgehead atoms. The fraction of sp³-hybridized carbons (Fsp3) is 0.562. The monoisotopic (exact) mass is 295 g/mol. The number of aliphatic hydroxyl groups is 1. The number of aliphatic hydroxyl groups excluding tert-OH is 1. The molecule has 0 saturated carbocycles. The van der Waals surface area contributed by atoms with Gasteiger partial charge in [0, 0.05) is 29.6 Å². The summed E-state index contributed by atoms with van der Waals surface area (Å²) in [5.74, 6) is 0.119. The van der Waals surface area contributed by atoms with Gasteiger partial charge in [-0.2, -0.15) is 0 Å².